The highest BCUT2D eigenvalue weighted by Gasteiger charge is 2.25. The Morgan fingerprint density at radius 2 is 2.03 bits per heavy atom. The largest absolute Gasteiger partial charge is 0.493 e. The number of ether oxygens (including phenoxy) is 2. The molecule has 3 aromatic rings. The molecule has 0 saturated heterocycles. The number of hydrogen-bond acceptors (Lipinski definition) is 7. The molecule has 1 aliphatic rings. The van der Waals surface area contributed by atoms with Crippen molar-refractivity contribution in [1.29, 1.82) is 0 Å². The van der Waals surface area contributed by atoms with Gasteiger partial charge in [0.05, 0.1) is 38.4 Å². The quantitative estimate of drug-likeness (QED) is 0.630. The van der Waals surface area contributed by atoms with Crippen LogP contribution in [0, 0.1) is 0 Å². The molecular weight excluding hydrogens is 422 g/mol. The Hall–Kier alpha value is -2.91. The van der Waals surface area contributed by atoms with Crippen LogP contribution in [0.15, 0.2) is 35.0 Å². The SMILES string of the molecule is COc1ccc(CC(=O)N2CCc3nc(NC(=O)c4ccsc4)sc3C2)cc1OC. The van der Waals surface area contributed by atoms with Gasteiger partial charge < -0.3 is 14.4 Å². The van der Waals surface area contributed by atoms with Crippen molar-refractivity contribution in [1.82, 2.24) is 9.88 Å². The molecule has 0 spiro atoms. The molecule has 2 aromatic heterocycles. The van der Waals surface area contributed by atoms with E-state index in [1.54, 1.807) is 31.7 Å². The zero-order valence-corrected chi connectivity index (χ0v) is 18.3. The lowest BCUT2D eigenvalue weighted by molar-refractivity contribution is -0.131. The summed E-state index contributed by atoms with van der Waals surface area (Å²) in [6.45, 7) is 1.12. The Balaban J connectivity index is 1.41. The summed E-state index contributed by atoms with van der Waals surface area (Å²) in [5, 5.41) is 7.10. The summed E-state index contributed by atoms with van der Waals surface area (Å²) in [5.74, 6) is 1.13. The molecule has 0 unspecified atom stereocenters. The predicted molar refractivity (Wildman–Crippen MR) is 117 cm³/mol. The first kappa shape index (κ1) is 20.4. The summed E-state index contributed by atoms with van der Waals surface area (Å²) in [7, 11) is 3.16. The van der Waals surface area contributed by atoms with Crippen molar-refractivity contribution in [3.63, 3.8) is 0 Å². The van der Waals surface area contributed by atoms with Crippen LogP contribution in [-0.4, -0.2) is 42.5 Å². The molecule has 2 amide bonds. The number of benzene rings is 1. The first-order valence-corrected chi connectivity index (χ1v) is 11.1. The van der Waals surface area contributed by atoms with Gasteiger partial charge in [-0.25, -0.2) is 4.98 Å². The maximum Gasteiger partial charge on any atom is 0.258 e. The van der Waals surface area contributed by atoms with Crippen molar-refractivity contribution < 1.29 is 19.1 Å². The lowest BCUT2D eigenvalue weighted by Crippen LogP contribution is -2.36. The van der Waals surface area contributed by atoms with Crippen LogP contribution in [0.3, 0.4) is 0 Å². The molecule has 7 nitrogen and oxygen atoms in total. The number of nitrogens with one attached hydrogen (secondary N) is 1. The summed E-state index contributed by atoms with van der Waals surface area (Å²) in [6.07, 6.45) is 0.966. The Labute approximate surface area is 182 Å². The van der Waals surface area contributed by atoms with E-state index in [2.05, 4.69) is 10.3 Å². The number of rotatable bonds is 6. The minimum atomic E-state index is -0.163. The maximum atomic E-state index is 12.8. The minimum Gasteiger partial charge on any atom is -0.493 e. The fourth-order valence-electron chi connectivity index (χ4n) is 3.30. The average Bonchev–Trinajstić information content (AvgIpc) is 3.42. The molecule has 0 saturated carbocycles. The molecule has 4 rings (SSSR count). The molecule has 30 heavy (non-hydrogen) atoms. The molecule has 0 fully saturated rings. The number of amides is 2. The zero-order valence-electron chi connectivity index (χ0n) is 16.6. The van der Waals surface area contributed by atoms with Crippen LogP contribution in [0.4, 0.5) is 5.13 Å². The summed E-state index contributed by atoms with van der Waals surface area (Å²) in [6, 6.07) is 7.29. The molecule has 0 radical (unpaired) electrons. The number of carbonyl (C=O) groups excluding carboxylic acids is 2. The Kier molecular flexibility index (Phi) is 6.01. The summed E-state index contributed by atoms with van der Waals surface area (Å²) < 4.78 is 10.6. The Bertz CT molecular complexity index is 1060. The molecule has 1 N–H and O–H groups in total. The zero-order chi connectivity index (χ0) is 21.1. The molecule has 1 aliphatic heterocycles. The number of methoxy groups -OCH3 is 2. The summed E-state index contributed by atoms with van der Waals surface area (Å²) in [5.41, 5.74) is 2.45. The number of thiazole rings is 1. The number of anilines is 1. The molecular formula is C21H21N3O4S2. The highest BCUT2D eigenvalue weighted by molar-refractivity contribution is 7.16. The molecule has 0 atom stereocenters. The first-order valence-electron chi connectivity index (χ1n) is 9.38. The highest BCUT2D eigenvalue weighted by Crippen LogP contribution is 2.30. The number of fused-ring (bicyclic) bond motifs is 1. The second-order valence-corrected chi connectivity index (χ2v) is 8.65. The van der Waals surface area contributed by atoms with Crippen LogP contribution in [0.25, 0.3) is 0 Å². The molecule has 156 valence electrons. The fraction of sp³-hybridized carbons (Fsp3) is 0.286. The van der Waals surface area contributed by atoms with Gasteiger partial charge in [0.2, 0.25) is 5.91 Å². The molecule has 0 bridgehead atoms. The van der Waals surface area contributed by atoms with Crippen molar-refractivity contribution in [2.75, 3.05) is 26.1 Å². The van der Waals surface area contributed by atoms with Gasteiger partial charge in [0.1, 0.15) is 0 Å². The van der Waals surface area contributed by atoms with Crippen molar-refractivity contribution in [3.05, 3.63) is 56.7 Å². The van der Waals surface area contributed by atoms with Gasteiger partial charge in [-0.2, -0.15) is 11.3 Å². The summed E-state index contributed by atoms with van der Waals surface area (Å²) in [4.78, 5) is 32.5. The monoisotopic (exact) mass is 443 g/mol. The van der Waals surface area contributed by atoms with Crippen LogP contribution in [0.2, 0.25) is 0 Å². The highest BCUT2D eigenvalue weighted by atomic mass is 32.1. The van der Waals surface area contributed by atoms with Crippen LogP contribution in [0.5, 0.6) is 11.5 Å². The smallest absolute Gasteiger partial charge is 0.258 e. The van der Waals surface area contributed by atoms with Crippen molar-refractivity contribution in [2.45, 2.75) is 19.4 Å². The van der Waals surface area contributed by atoms with E-state index < -0.39 is 0 Å². The second-order valence-electron chi connectivity index (χ2n) is 6.79. The number of aromatic nitrogens is 1. The van der Waals surface area contributed by atoms with Gasteiger partial charge in [0.25, 0.3) is 5.91 Å². The Morgan fingerprint density at radius 3 is 2.77 bits per heavy atom. The van der Waals surface area contributed by atoms with E-state index in [-0.39, 0.29) is 18.2 Å². The fourth-order valence-corrected chi connectivity index (χ4v) is 4.96. The van der Waals surface area contributed by atoms with Crippen LogP contribution >= 0.6 is 22.7 Å². The van der Waals surface area contributed by atoms with Gasteiger partial charge in [-0.05, 0) is 29.1 Å². The topological polar surface area (TPSA) is 80.8 Å². The van der Waals surface area contributed by atoms with Gasteiger partial charge in [0.15, 0.2) is 16.6 Å². The average molecular weight is 444 g/mol. The predicted octanol–water partition coefficient (Wildman–Crippen LogP) is 3.60. The third kappa shape index (κ3) is 4.31. The van der Waals surface area contributed by atoms with Gasteiger partial charge in [0, 0.05) is 23.2 Å². The van der Waals surface area contributed by atoms with Gasteiger partial charge in [-0.15, -0.1) is 0 Å². The molecule has 1 aromatic carbocycles. The lowest BCUT2D eigenvalue weighted by Gasteiger charge is -2.26. The van der Waals surface area contributed by atoms with Gasteiger partial charge in [-0.1, -0.05) is 17.4 Å². The molecule has 3 heterocycles. The van der Waals surface area contributed by atoms with Crippen LogP contribution < -0.4 is 14.8 Å². The van der Waals surface area contributed by atoms with Crippen LogP contribution in [0.1, 0.15) is 26.5 Å². The summed E-state index contributed by atoms with van der Waals surface area (Å²) >= 11 is 2.91. The van der Waals surface area contributed by atoms with E-state index in [0.29, 0.717) is 41.7 Å². The maximum absolute atomic E-state index is 12.8. The lowest BCUT2D eigenvalue weighted by atomic mass is 10.1. The minimum absolute atomic E-state index is 0.0464. The standard InChI is InChI=1S/C21H21N3O4S2/c1-27-16-4-3-13(9-17(16)28-2)10-19(25)24-7-5-15-18(11-24)30-21(22-15)23-20(26)14-6-8-29-12-14/h3-4,6,8-9,12H,5,7,10-11H2,1-2H3,(H,22,23,26). The third-order valence-corrected chi connectivity index (χ3v) is 6.57. The second kappa shape index (κ2) is 8.85. The number of nitrogens with zero attached hydrogens (tertiary/aromatic N) is 2. The van der Waals surface area contributed by atoms with Gasteiger partial charge in [-0.3, -0.25) is 14.9 Å². The van der Waals surface area contributed by atoms with Crippen LogP contribution in [-0.2, 0) is 24.2 Å². The Morgan fingerprint density at radius 1 is 1.20 bits per heavy atom. The normalized spacial score (nSPS) is 12.9. The molecule has 9 heteroatoms. The van der Waals surface area contributed by atoms with Crippen molar-refractivity contribution >= 4 is 39.6 Å². The van der Waals surface area contributed by atoms with E-state index in [9.17, 15) is 9.59 Å². The number of carbonyl (C=O) groups is 2. The van der Waals surface area contributed by atoms with E-state index in [4.69, 9.17) is 9.47 Å². The van der Waals surface area contributed by atoms with Crippen molar-refractivity contribution in [2.24, 2.45) is 0 Å². The van der Waals surface area contributed by atoms with Crippen molar-refractivity contribution in [3.8, 4) is 11.5 Å². The first-order chi connectivity index (χ1) is 14.6. The number of thiophene rings is 1. The van der Waals surface area contributed by atoms with E-state index in [0.717, 1.165) is 16.1 Å². The van der Waals surface area contributed by atoms with E-state index >= 15 is 0 Å². The van der Waals surface area contributed by atoms with E-state index in [1.165, 1.54) is 22.7 Å². The molecule has 0 aliphatic carbocycles. The van der Waals surface area contributed by atoms with Gasteiger partial charge >= 0.3 is 0 Å². The third-order valence-electron chi connectivity index (χ3n) is 4.89. The number of hydrogen-bond donors (Lipinski definition) is 1. The van der Waals surface area contributed by atoms with E-state index in [1.807, 2.05) is 22.4 Å².